The first-order chi connectivity index (χ1) is 12.6. The SMILES string of the molecule is NC1C2CC3CC1CC(NC(=O)c1ccnc4nc(C5CC5)[nH]c14)(C3)C2. The summed E-state index contributed by atoms with van der Waals surface area (Å²) in [6.07, 6.45) is 9.74. The first kappa shape index (κ1) is 15.1. The average Bonchev–Trinajstić information content (AvgIpc) is 3.36. The second-order valence-electron chi connectivity index (χ2n) is 9.24. The van der Waals surface area contributed by atoms with Crippen molar-refractivity contribution >= 4 is 17.1 Å². The molecule has 5 aliphatic rings. The highest BCUT2D eigenvalue weighted by atomic mass is 16.1. The van der Waals surface area contributed by atoms with Gasteiger partial charge in [0.2, 0.25) is 0 Å². The maximum Gasteiger partial charge on any atom is 0.254 e. The molecule has 2 unspecified atom stereocenters. The molecule has 5 fully saturated rings. The van der Waals surface area contributed by atoms with Crippen molar-refractivity contribution in [2.24, 2.45) is 23.5 Å². The normalized spacial score (nSPS) is 38.0. The molecule has 2 aromatic rings. The molecule has 2 atom stereocenters. The molecule has 0 aromatic carbocycles. The smallest absolute Gasteiger partial charge is 0.254 e. The molecular weight excluding hydrogens is 326 g/mol. The van der Waals surface area contributed by atoms with Crippen molar-refractivity contribution in [3.63, 3.8) is 0 Å². The summed E-state index contributed by atoms with van der Waals surface area (Å²) < 4.78 is 0. The predicted octanol–water partition coefficient (Wildman–Crippen LogP) is 2.47. The number of pyridine rings is 1. The minimum atomic E-state index is -0.0572. The Morgan fingerprint density at radius 1 is 1.23 bits per heavy atom. The highest BCUT2D eigenvalue weighted by Crippen LogP contribution is 2.55. The van der Waals surface area contributed by atoms with Crippen LogP contribution in [0.2, 0.25) is 0 Å². The van der Waals surface area contributed by atoms with Gasteiger partial charge in [-0.15, -0.1) is 0 Å². The molecule has 0 aliphatic heterocycles. The standard InChI is InChI=1S/C20H25N5O/c21-15-12-5-10-6-13(15)9-20(7-10,8-12)25-19(26)14-3-4-22-18-16(14)23-17(24-18)11-1-2-11/h3-4,10-13,15H,1-2,5-9,21H2,(H,25,26)(H,22,23,24). The number of amides is 1. The largest absolute Gasteiger partial charge is 0.347 e. The molecule has 0 radical (unpaired) electrons. The van der Waals surface area contributed by atoms with E-state index in [4.69, 9.17) is 5.73 Å². The number of aromatic nitrogens is 3. The fourth-order valence-electron chi connectivity index (χ4n) is 6.19. The number of carbonyl (C=O) groups excluding carboxylic acids is 1. The van der Waals surface area contributed by atoms with Gasteiger partial charge in [-0.25, -0.2) is 9.97 Å². The molecule has 136 valence electrons. The van der Waals surface area contributed by atoms with Crippen LogP contribution < -0.4 is 11.1 Å². The van der Waals surface area contributed by atoms with Gasteiger partial charge < -0.3 is 16.0 Å². The third-order valence-electron chi connectivity index (χ3n) is 7.34. The monoisotopic (exact) mass is 351 g/mol. The molecule has 4 bridgehead atoms. The van der Waals surface area contributed by atoms with E-state index >= 15 is 0 Å². The van der Waals surface area contributed by atoms with E-state index in [-0.39, 0.29) is 11.4 Å². The summed E-state index contributed by atoms with van der Waals surface area (Å²) in [5, 5.41) is 3.44. The van der Waals surface area contributed by atoms with Gasteiger partial charge in [-0.2, -0.15) is 0 Å². The number of rotatable bonds is 3. The third-order valence-corrected chi connectivity index (χ3v) is 7.34. The van der Waals surface area contributed by atoms with Gasteiger partial charge in [0.05, 0.1) is 11.1 Å². The maximum atomic E-state index is 13.2. The molecule has 5 saturated carbocycles. The first-order valence-corrected chi connectivity index (χ1v) is 10.0. The fraction of sp³-hybridized carbons (Fsp3) is 0.650. The Kier molecular flexibility index (Phi) is 2.95. The Hall–Kier alpha value is -1.95. The van der Waals surface area contributed by atoms with Crippen molar-refractivity contribution < 1.29 is 4.79 Å². The highest BCUT2D eigenvalue weighted by molar-refractivity contribution is 6.04. The molecule has 7 rings (SSSR count). The fourth-order valence-corrected chi connectivity index (χ4v) is 6.19. The lowest BCUT2D eigenvalue weighted by Crippen LogP contribution is -2.65. The van der Waals surface area contributed by atoms with Gasteiger partial charge in [0, 0.05) is 23.7 Å². The van der Waals surface area contributed by atoms with Crippen LogP contribution in [0.25, 0.3) is 11.2 Å². The summed E-state index contributed by atoms with van der Waals surface area (Å²) in [6.45, 7) is 0. The zero-order chi connectivity index (χ0) is 17.5. The summed E-state index contributed by atoms with van der Waals surface area (Å²) >= 11 is 0. The van der Waals surface area contributed by atoms with Gasteiger partial charge >= 0.3 is 0 Å². The number of carbonyl (C=O) groups is 1. The quantitative estimate of drug-likeness (QED) is 0.791. The molecule has 0 saturated heterocycles. The van der Waals surface area contributed by atoms with Crippen LogP contribution in [0.4, 0.5) is 0 Å². The Morgan fingerprint density at radius 3 is 2.73 bits per heavy atom. The van der Waals surface area contributed by atoms with Gasteiger partial charge in [-0.1, -0.05) is 0 Å². The Bertz CT molecular complexity index is 885. The van der Waals surface area contributed by atoms with Crippen molar-refractivity contribution in [2.45, 2.75) is 62.4 Å². The number of aromatic amines is 1. The van der Waals surface area contributed by atoms with Gasteiger partial charge in [0.25, 0.3) is 5.91 Å². The second-order valence-corrected chi connectivity index (χ2v) is 9.24. The third kappa shape index (κ3) is 2.17. The zero-order valence-electron chi connectivity index (χ0n) is 14.9. The van der Waals surface area contributed by atoms with Crippen LogP contribution in [-0.2, 0) is 0 Å². The van der Waals surface area contributed by atoms with E-state index in [0.29, 0.717) is 35.0 Å². The number of nitrogens with one attached hydrogen (secondary N) is 2. The van der Waals surface area contributed by atoms with Gasteiger partial charge in [-0.3, -0.25) is 4.79 Å². The molecule has 5 aliphatic carbocycles. The van der Waals surface area contributed by atoms with Crippen LogP contribution in [0.5, 0.6) is 0 Å². The molecule has 6 nitrogen and oxygen atoms in total. The molecule has 4 N–H and O–H groups in total. The minimum absolute atomic E-state index is 0.0129. The molecule has 2 heterocycles. The molecule has 0 spiro atoms. The maximum absolute atomic E-state index is 13.2. The molecule has 1 amide bonds. The first-order valence-electron chi connectivity index (χ1n) is 10.0. The lowest BCUT2D eigenvalue weighted by atomic mass is 9.51. The van der Waals surface area contributed by atoms with Gasteiger partial charge in [0.1, 0.15) is 5.82 Å². The number of nitrogens with zero attached hydrogens (tertiary/aromatic N) is 2. The average molecular weight is 351 g/mol. The van der Waals surface area contributed by atoms with E-state index in [1.807, 2.05) is 6.07 Å². The molecule has 2 aromatic heterocycles. The second kappa shape index (κ2) is 5.06. The van der Waals surface area contributed by atoms with Crippen molar-refractivity contribution in [2.75, 3.05) is 0 Å². The number of hydrogen-bond acceptors (Lipinski definition) is 4. The summed E-state index contributed by atoms with van der Waals surface area (Å²) in [6, 6.07) is 2.15. The van der Waals surface area contributed by atoms with Crippen molar-refractivity contribution in [3.05, 3.63) is 23.7 Å². The number of fused-ring (bicyclic) bond motifs is 1. The number of H-pyrrole nitrogens is 1. The summed E-state index contributed by atoms with van der Waals surface area (Å²) in [5.41, 5.74) is 8.51. The van der Waals surface area contributed by atoms with E-state index < -0.39 is 0 Å². The summed E-state index contributed by atoms with van der Waals surface area (Å²) in [7, 11) is 0. The van der Waals surface area contributed by atoms with Crippen LogP contribution in [0.3, 0.4) is 0 Å². The summed E-state index contributed by atoms with van der Waals surface area (Å²) in [4.78, 5) is 25.5. The zero-order valence-corrected chi connectivity index (χ0v) is 14.9. The van der Waals surface area contributed by atoms with E-state index in [1.54, 1.807) is 6.20 Å². The minimum Gasteiger partial charge on any atom is -0.347 e. The van der Waals surface area contributed by atoms with E-state index in [2.05, 4.69) is 20.3 Å². The van der Waals surface area contributed by atoms with Crippen molar-refractivity contribution in [3.8, 4) is 0 Å². The van der Waals surface area contributed by atoms with E-state index in [0.717, 1.165) is 36.5 Å². The van der Waals surface area contributed by atoms with Crippen molar-refractivity contribution in [1.29, 1.82) is 0 Å². The van der Waals surface area contributed by atoms with Crippen LogP contribution in [-0.4, -0.2) is 32.4 Å². The van der Waals surface area contributed by atoms with Crippen LogP contribution in [0.1, 0.15) is 67.0 Å². The number of hydrogen-bond donors (Lipinski definition) is 3. The molecule has 26 heavy (non-hydrogen) atoms. The van der Waals surface area contributed by atoms with Crippen LogP contribution >= 0.6 is 0 Å². The van der Waals surface area contributed by atoms with E-state index in [9.17, 15) is 4.79 Å². The van der Waals surface area contributed by atoms with Gasteiger partial charge in [-0.05, 0) is 68.8 Å². The Morgan fingerprint density at radius 2 is 2.00 bits per heavy atom. The van der Waals surface area contributed by atoms with Crippen LogP contribution in [0.15, 0.2) is 12.3 Å². The van der Waals surface area contributed by atoms with Gasteiger partial charge in [0.15, 0.2) is 5.65 Å². The molecule has 6 heteroatoms. The summed E-state index contributed by atoms with van der Waals surface area (Å²) in [5.74, 6) is 3.40. The lowest BCUT2D eigenvalue weighted by Gasteiger charge is -2.59. The number of imidazole rings is 1. The Labute approximate surface area is 152 Å². The van der Waals surface area contributed by atoms with E-state index in [1.165, 1.54) is 25.7 Å². The lowest BCUT2D eigenvalue weighted by molar-refractivity contribution is -0.0320. The Balaban J connectivity index is 1.32. The number of nitrogens with two attached hydrogens (primary N) is 1. The predicted molar refractivity (Wildman–Crippen MR) is 97.6 cm³/mol. The topological polar surface area (TPSA) is 96.7 Å². The molecular formula is C20H25N5O. The van der Waals surface area contributed by atoms with Crippen molar-refractivity contribution in [1.82, 2.24) is 20.3 Å². The highest BCUT2D eigenvalue weighted by Gasteiger charge is 2.55. The van der Waals surface area contributed by atoms with Crippen LogP contribution in [0, 0.1) is 17.8 Å².